The molecule has 1 unspecified atom stereocenters. The number of hydrogen-bond acceptors (Lipinski definition) is 4. The zero-order valence-corrected chi connectivity index (χ0v) is 11.3. The van der Waals surface area contributed by atoms with E-state index in [0.29, 0.717) is 5.69 Å². The van der Waals surface area contributed by atoms with E-state index in [4.69, 9.17) is 0 Å². The van der Waals surface area contributed by atoms with Gasteiger partial charge < -0.3 is 15.1 Å². The zero-order chi connectivity index (χ0) is 13.1. The molecule has 5 heteroatoms. The molecule has 0 amide bonds. The molecule has 0 radical (unpaired) electrons. The molecule has 4 nitrogen and oxygen atoms in total. The first-order valence-corrected chi connectivity index (χ1v) is 6.39. The second kappa shape index (κ2) is 5.63. The molecule has 1 fully saturated rings. The van der Waals surface area contributed by atoms with Gasteiger partial charge in [0.2, 0.25) is 0 Å². The van der Waals surface area contributed by atoms with Crippen LogP contribution in [0.4, 0.5) is 10.2 Å². The van der Waals surface area contributed by atoms with Crippen molar-refractivity contribution in [1.29, 1.82) is 0 Å². The fourth-order valence-electron chi connectivity index (χ4n) is 2.10. The molecule has 0 aliphatic carbocycles. The van der Waals surface area contributed by atoms with Crippen molar-refractivity contribution in [2.45, 2.75) is 13.0 Å². The second-order valence-electron chi connectivity index (χ2n) is 4.84. The fraction of sp³-hybridized carbons (Fsp3) is 0.615. The number of likely N-dealkylation sites (N-methyl/N-ethyl adjacent to an activating group) is 1. The Labute approximate surface area is 108 Å². The summed E-state index contributed by atoms with van der Waals surface area (Å²) >= 11 is 0. The standard InChI is InChI=1S/C13H21FN4/c1-10(15-2)13-11(14)4-5-12(16-13)18-8-6-17(3)7-9-18/h4-5,10,15H,6-9H2,1-3H3. The van der Waals surface area contributed by atoms with Crippen molar-refractivity contribution in [2.75, 3.05) is 45.2 Å². The highest BCUT2D eigenvalue weighted by Crippen LogP contribution is 2.20. The SMILES string of the molecule is CNC(C)c1nc(N2CCN(C)CC2)ccc1F. The molecule has 0 bridgehead atoms. The van der Waals surface area contributed by atoms with Crippen LogP contribution in [0.5, 0.6) is 0 Å². The van der Waals surface area contributed by atoms with E-state index in [1.807, 2.05) is 14.0 Å². The van der Waals surface area contributed by atoms with Gasteiger partial charge in [0.15, 0.2) is 0 Å². The number of piperazine rings is 1. The summed E-state index contributed by atoms with van der Waals surface area (Å²) in [4.78, 5) is 8.96. The number of anilines is 1. The highest BCUT2D eigenvalue weighted by molar-refractivity contribution is 5.40. The quantitative estimate of drug-likeness (QED) is 0.877. The van der Waals surface area contributed by atoms with Gasteiger partial charge in [-0.25, -0.2) is 9.37 Å². The van der Waals surface area contributed by atoms with Gasteiger partial charge in [0, 0.05) is 32.2 Å². The molecule has 2 rings (SSSR count). The maximum Gasteiger partial charge on any atom is 0.146 e. The maximum atomic E-state index is 13.7. The van der Waals surface area contributed by atoms with E-state index < -0.39 is 0 Å². The molecule has 1 aliphatic rings. The molecule has 0 spiro atoms. The summed E-state index contributed by atoms with van der Waals surface area (Å²) in [6, 6.07) is 3.22. The van der Waals surface area contributed by atoms with Crippen molar-refractivity contribution in [3.05, 3.63) is 23.6 Å². The van der Waals surface area contributed by atoms with E-state index in [0.717, 1.165) is 32.0 Å². The van der Waals surface area contributed by atoms with Crippen LogP contribution in [0.15, 0.2) is 12.1 Å². The van der Waals surface area contributed by atoms with Gasteiger partial charge in [-0.3, -0.25) is 0 Å². The van der Waals surface area contributed by atoms with Crippen LogP contribution in [-0.2, 0) is 0 Å². The van der Waals surface area contributed by atoms with Crippen LogP contribution in [0.3, 0.4) is 0 Å². The summed E-state index contributed by atoms with van der Waals surface area (Å²) in [5, 5.41) is 3.03. The monoisotopic (exact) mass is 252 g/mol. The summed E-state index contributed by atoms with van der Waals surface area (Å²) in [7, 11) is 3.93. The Bertz CT molecular complexity index is 402. The highest BCUT2D eigenvalue weighted by atomic mass is 19.1. The van der Waals surface area contributed by atoms with Crippen molar-refractivity contribution in [3.8, 4) is 0 Å². The lowest BCUT2D eigenvalue weighted by molar-refractivity contribution is 0.312. The van der Waals surface area contributed by atoms with Crippen molar-refractivity contribution in [3.63, 3.8) is 0 Å². The molecule has 0 saturated carbocycles. The minimum Gasteiger partial charge on any atom is -0.354 e. The Morgan fingerprint density at radius 1 is 1.28 bits per heavy atom. The Morgan fingerprint density at radius 3 is 2.56 bits per heavy atom. The third kappa shape index (κ3) is 2.79. The highest BCUT2D eigenvalue weighted by Gasteiger charge is 2.18. The molecule has 100 valence electrons. The second-order valence-corrected chi connectivity index (χ2v) is 4.84. The van der Waals surface area contributed by atoms with Gasteiger partial charge in [-0.15, -0.1) is 0 Å². The average molecular weight is 252 g/mol. The van der Waals surface area contributed by atoms with Crippen LogP contribution in [-0.4, -0.2) is 50.2 Å². The van der Waals surface area contributed by atoms with Crippen LogP contribution in [0, 0.1) is 5.82 Å². The summed E-state index contributed by atoms with van der Waals surface area (Å²) in [6.07, 6.45) is 0. The Balaban J connectivity index is 2.19. The van der Waals surface area contributed by atoms with Gasteiger partial charge in [-0.1, -0.05) is 0 Å². The molecule has 1 aromatic heterocycles. The van der Waals surface area contributed by atoms with E-state index in [1.54, 1.807) is 6.07 Å². The molecule has 0 aromatic carbocycles. The number of pyridine rings is 1. The molecule has 1 aliphatic heterocycles. The topological polar surface area (TPSA) is 31.4 Å². The molecular weight excluding hydrogens is 231 g/mol. The van der Waals surface area contributed by atoms with Crippen LogP contribution >= 0.6 is 0 Å². The van der Waals surface area contributed by atoms with E-state index in [2.05, 4.69) is 27.1 Å². The van der Waals surface area contributed by atoms with Crippen LogP contribution < -0.4 is 10.2 Å². The summed E-state index contributed by atoms with van der Waals surface area (Å²) in [6.45, 7) is 5.86. The predicted octanol–water partition coefficient (Wildman–Crippen LogP) is 1.25. The number of rotatable bonds is 3. The molecule has 18 heavy (non-hydrogen) atoms. The lowest BCUT2D eigenvalue weighted by Crippen LogP contribution is -2.45. The van der Waals surface area contributed by atoms with E-state index >= 15 is 0 Å². The molecular formula is C13H21FN4. The van der Waals surface area contributed by atoms with Gasteiger partial charge in [0.1, 0.15) is 11.6 Å². The van der Waals surface area contributed by atoms with Gasteiger partial charge in [0.25, 0.3) is 0 Å². The molecule has 1 saturated heterocycles. The largest absolute Gasteiger partial charge is 0.354 e. The molecule has 2 heterocycles. The number of nitrogens with one attached hydrogen (secondary N) is 1. The van der Waals surface area contributed by atoms with E-state index in [9.17, 15) is 4.39 Å². The van der Waals surface area contributed by atoms with Gasteiger partial charge in [-0.05, 0) is 33.2 Å². The van der Waals surface area contributed by atoms with E-state index in [-0.39, 0.29) is 11.9 Å². The number of aromatic nitrogens is 1. The third-order valence-corrected chi connectivity index (χ3v) is 3.53. The molecule has 1 atom stereocenters. The molecule has 1 aromatic rings. The van der Waals surface area contributed by atoms with Crippen LogP contribution in [0.25, 0.3) is 0 Å². The normalized spacial score (nSPS) is 19.0. The number of hydrogen-bond donors (Lipinski definition) is 1. The summed E-state index contributed by atoms with van der Waals surface area (Å²) in [5.41, 5.74) is 0.494. The number of nitrogens with zero attached hydrogens (tertiary/aromatic N) is 3. The third-order valence-electron chi connectivity index (χ3n) is 3.53. The van der Waals surface area contributed by atoms with Crippen LogP contribution in [0.2, 0.25) is 0 Å². The lowest BCUT2D eigenvalue weighted by atomic mass is 10.2. The van der Waals surface area contributed by atoms with Crippen LogP contribution in [0.1, 0.15) is 18.7 Å². The molecule has 1 N–H and O–H groups in total. The fourth-order valence-corrected chi connectivity index (χ4v) is 2.10. The first-order chi connectivity index (χ1) is 8.61. The van der Waals surface area contributed by atoms with Crippen molar-refractivity contribution >= 4 is 5.82 Å². The average Bonchev–Trinajstić information content (AvgIpc) is 2.39. The Kier molecular flexibility index (Phi) is 4.14. The summed E-state index contributed by atoms with van der Waals surface area (Å²) in [5.74, 6) is 0.635. The van der Waals surface area contributed by atoms with E-state index in [1.165, 1.54) is 6.07 Å². The summed E-state index contributed by atoms with van der Waals surface area (Å²) < 4.78 is 13.7. The van der Waals surface area contributed by atoms with Crippen molar-refractivity contribution < 1.29 is 4.39 Å². The minimum absolute atomic E-state index is 0.0718. The maximum absolute atomic E-state index is 13.7. The minimum atomic E-state index is -0.241. The Hall–Kier alpha value is -1.20. The predicted molar refractivity (Wildman–Crippen MR) is 71.4 cm³/mol. The van der Waals surface area contributed by atoms with Gasteiger partial charge >= 0.3 is 0 Å². The lowest BCUT2D eigenvalue weighted by Gasteiger charge is -2.33. The van der Waals surface area contributed by atoms with Crippen molar-refractivity contribution in [1.82, 2.24) is 15.2 Å². The number of halogens is 1. The van der Waals surface area contributed by atoms with Gasteiger partial charge in [0.05, 0.1) is 5.69 Å². The zero-order valence-electron chi connectivity index (χ0n) is 11.3. The first-order valence-electron chi connectivity index (χ1n) is 6.39. The Morgan fingerprint density at radius 2 is 1.94 bits per heavy atom. The van der Waals surface area contributed by atoms with Crippen molar-refractivity contribution in [2.24, 2.45) is 0 Å². The van der Waals surface area contributed by atoms with Gasteiger partial charge in [-0.2, -0.15) is 0 Å². The smallest absolute Gasteiger partial charge is 0.146 e. The first kappa shape index (κ1) is 13.2.